The number of fused-ring (bicyclic) bond motifs is 1. The van der Waals surface area contributed by atoms with E-state index < -0.39 is 58.9 Å². The van der Waals surface area contributed by atoms with Gasteiger partial charge in [-0.1, -0.05) is 5.16 Å². The Balaban J connectivity index is 1.42. The number of pyridine rings is 1. The number of anilines is 1. The maximum absolute atomic E-state index is 13.0. The molecule has 0 radical (unpaired) electrons. The number of carboxylic acids is 1. The number of aromatic amines is 1. The van der Waals surface area contributed by atoms with E-state index in [2.05, 4.69) is 25.8 Å². The molecule has 1 fully saturated rings. The zero-order valence-electron chi connectivity index (χ0n) is 21.9. The molecule has 43 heavy (non-hydrogen) atoms. The second-order valence-corrected chi connectivity index (χ2v) is 10.8. The van der Waals surface area contributed by atoms with Gasteiger partial charge in [-0.3, -0.25) is 24.1 Å². The number of nitrogens with zero attached hydrogens (tertiary/aromatic N) is 3. The van der Waals surface area contributed by atoms with Crippen molar-refractivity contribution in [3.63, 3.8) is 0 Å². The molecule has 0 aliphatic carbocycles. The number of alkyl halides is 1. The summed E-state index contributed by atoms with van der Waals surface area (Å²) in [6, 6.07) is -0.0458. The van der Waals surface area contributed by atoms with Crippen molar-refractivity contribution in [1.29, 1.82) is 0 Å². The number of aliphatic carboxylic acids is 1. The van der Waals surface area contributed by atoms with E-state index in [1.165, 1.54) is 18.6 Å². The molecule has 19 heteroatoms. The first-order valence-electron chi connectivity index (χ1n) is 11.9. The summed E-state index contributed by atoms with van der Waals surface area (Å²) in [4.78, 5) is 85.7. The topological polar surface area (TPSA) is 230 Å². The van der Waals surface area contributed by atoms with Gasteiger partial charge in [-0.2, -0.15) is 0 Å². The van der Waals surface area contributed by atoms with E-state index in [1.54, 1.807) is 0 Å². The van der Waals surface area contributed by atoms with Crippen LogP contribution in [0.1, 0.15) is 11.4 Å². The minimum Gasteiger partial charge on any atom is -0.503 e. The maximum atomic E-state index is 13.0. The average molecular weight is 653 g/mol. The van der Waals surface area contributed by atoms with Gasteiger partial charge in [-0.25, -0.2) is 14.6 Å². The Labute approximate surface area is 254 Å². The molecule has 2 aromatic rings. The predicted octanol–water partition coefficient (Wildman–Crippen LogP) is 0.0600. The zero-order valence-corrected chi connectivity index (χ0v) is 24.2. The lowest BCUT2D eigenvalue weighted by Gasteiger charge is -2.49. The maximum Gasteiger partial charge on any atom is 0.352 e. The Hall–Kier alpha value is -4.68. The first-order valence-corrected chi connectivity index (χ1v) is 14.4. The summed E-state index contributed by atoms with van der Waals surface area (Å²) in [5, 5.41) is 28.6. The number of aromatic hydroxyl groups is 1. The highest BCUT2D eigenvalue weighted by Gasteiger charge is 2.54. The Morgan fingerprint density at radius 2 is 2.09 bits per heavy atom. The number of amides is 3. The number of hydrogen-bond acceptors (Lipinski definition) is 13. The van der Waals surface area contributed by atoms with Gasteiger partial charge in [0.25, 0.3) is 11.8 Å². The van der Waals surface area contributed by atoms with Crippen LogP contribution < -0.4 is 16.1 Å². The van der Waals surface area contributed by atoms with Crippen molar-refractivity contribution >= 4 is 81.3 Å². The molecule has 16 nitrogen and oxygen atoms in total. The molecule has 0 spiro atoms. The Bertz CT molecular complexity index is 1630. The highest BCUT2D eigenvalue weighted by atomic mass is 35.5. The number of esters is 1. The summed E-state index contributed by atoms with van der Waals surface area (Å²) in [7, 11) is 1.20. The van der Waals surface area contributed by atoms with E-state index in [9.17, 15) is 39.0 Å². The van der Waals surface area contributed by atoms with Crippen LogP contribution in [0.25, 0.3) is 6.08 Å². The van der Waals surface area contributed by atoms with Crippen LogP contribution in [0.15, 0.2) is 44.9 Å². The molecule has 0 aromatic carbocycles. The minimum atomic E-state index is -1.43. The van der Waals surface area contributed by atoms with Crippen molar-refractivity contribution in [3.8, 4) is 5.75 Å². The van der Waals surface area contributed by atoms with E-state index in [1.807, 2.05) is 0 Å². The van der Waals surface area contributed by atoms with E-state index in [0.717, 1.165) is 46.3 Å². The molecule has 0 unspecified atom stereocenters. The first kappa shape index (κ1) is 31.3. The summed E-state index contributed by atoms with van der Waals surface area (Å²) in [6.45, 7) is -0.436. The van der Waals surface area contributed by atoms with Gasteiger partial charge in [-0.15, -0.1) is 34.7 Å². The molecular weight excluding hydrogens is 632 g/mol. The number of β-lactam (4-membered cyclic amide) rings is 1. The van der Waals surface area contributed by atoms with Crippen LogP contribution in [0.5, 0.6) is 5.75 Å². The molecule has 4 rings (SSSR count). The fourth-order valence-electron chi connectivity index (χ4n) is 3.83. The number of carbonyl (C=O) groups is 5. The first-order chi connectivity index (χ1) is 20.5. The number of oxime groups is 1. The Morgan fingerprint density at radius 3 is 2.77 bits per heavy atom. The lowest BCUT2D eigenvalue weighted by atomic mass is 10.0. The number of hydrogen-bond donors (Lipinski definition) is 5. The number of carbonyl (C=O) groups excluding carboxylic acids is 4. The van der Waals surface area contributed by atoms with E-state index in [-0.39, 0.29) is 45.1 Å². The number of thiazole rings is 1. The van der Waals surface area contributed by atoms with Crippen molar-refractivity contribution in [2.75, 3.05) is 30.7 Å². The van der Waals surface area contributed by atoms with Crippen molar-refractivity contribution < 1.29 is 43.8 Å². The summed E-state index contributed by atoms with van der Waals surface area (Å²) in [5.74, 6) is -5.05. The third-order valence-corrected chi connectivity index (χ3v) is 8.09. The van der Waals surface area contributed by atoms with Crippen LogP contribution in [-0.4, -0.2) is 97.2 Å². The minimum absolute atomic E-state index is 0.0511. The largest absolute Gasteiger partial charge is 0.503 e. The molecule has 2 aromatic heterocycles. The normalized spacial score (nSPS) is 18.1. The number of nitrogens with one attached hydrogen (secondary N) is 3. The number of carboxylic acid groups (broad SMARTS) is 1. The molecule has 2 aliphatic rings. The molecule has 0 bridgehead atoms. The highest BCUT2D eigenvalue weighted by molar-refractivity contribution is 8.00. The van der Waals surface area contributed by atoms with Crippen molar-refractivity contribution in [3.05, 3.63) is 56.6 Å². The number of thioether (sulfide) groups is 1. The Morgan fingerprint density at radius 1 is 1.33 bits per heavy atom. The van der Waals surface area contributed by atoms with Gasteiger partial charge in [0.15, 0.2) is 16.6 Å². The molecule has 0 saturated carbocycles. The summed E-state index contributed by atoms with van der Waals surface area (Å²) >= 11 is 7.62. The van der Waals surface area contributed by atoms with Crippen LogP contribution in [0.3, 0.4) is 0 Å². The molecule has 2 aliphatic heterocycles. The van der Waals surface area contributed by atoms with E-state index >= 15 is 0 Å². The number of aromatic nitrogens is 2. The van der Waals surface area contributed by atoms with Crippen molar-refractivity contribution in [2.24, 2.45) is 5.16 Å². The predicted molar refractivity (Wildman–Crippen MR) is 153 cm³/mol. The van der Waals surface area contributed by atoms with Crippen molar-refractivity contribution in [1.82, 2.24) is 20.2 Å². The SMILES string of the molecule is CO/N=C(\C(=O)N[C@@H]1C(=O)N2C(C(=O)O)=C(COC(=O)/C=C/c3cc(=O)c(O)c[nH]3)CS[C@H]12)c1csc(NC(=O)CCl)n1. The quantitative estimate of drug-likeness (QED) is 0.0542. The molecule has 3 amide bonds. The number of ether oxygens (including phenoxy) is 1. The van der Waals surface area contributed by atoms with Crippen molar-refractivity contribution in [2.45, 2.75) is 11.4 Å². The lowest BCUT2D eigenvalue weighted by molar-refractivity contribution is -0.150. The van der Waals surface area contributed by atoms with Crippen LogP contribution in [-0.2, 0) is 33.5 Å². The van der Waals surface area contributed by atoms with Gasteiger partial charge < -0.3 is 35.4 Å². The third kappa shape index (κ3) is 7.04. The monoisotopic (exact) mass is 652 g/mol. The number of rotatable bonds is 11. The highest BCUT2D eigenvalue weighted by Crippen LogP contribution is 2.40. The molecule has 2 atom stereocenters. The third-order valence-electron chi connectivity index (χ3n) is 5.75. The fourth-order valence-corrected chi connectivity index (χ4v) is 5.94. The summed E-state index contributed by atoms with van der Waals surface area (Å²) in [5.41, 5.74) is -0.893. The second-order valence-electron chi connectivity index (χ2n) is 8.54. The van der Waals surface area contributed by atoms with Crippen LogP contribution >= 0.6 is 34.7 Å². The van der Waals surface area contributed by atoms with Gasteiger partial charge in [0.1, 0.15) is 42.4 Å². The van der Waals surface area contributed by atoms with Gasteiger partial charge in [-0.05, 0) is 6.08 Å². The van der Waals surface area contributed by atoms with Gasteiger partial charge in [0.05, 0.1) is 0 Å². The van der Waals surface area contributed by atoms with Crippen LogP contribution in [0.4, 0.5) is 5.13 Å². The fraction of sp³-hybridized carbons (Fsp3) is 0.250. The van der Waals surface area contributed by atoms with E-state index in [4.69, 9.17) is 21.2 Å². The zero-order chi connectivity index (χ0) is 31.3. The number of halogens is 1. The number of H-pyrrole nitrogens is 1. The summed E-state index contributed by atoms with van der Waals surface area (Å²) < 4.78 is 5.13. The van der Waals surface area contributed by atoms with Gasteiger partial charge in [0, 0.05) is 40.7 Å². The van der Waals surface area contributed by atoms with E-state index in [0.29, 0.717) is 0 Å². The van der Waals surface area contributed by atoms with Crippen LogP contribution in [0, 0.1) is 0 Å². The standard InChI is InChI=1S/C24H21ClN6O10S2/c1-40-30-17(12-9-43-24(27-12)28-15(34)5-25)20(36)29-18-21(37)31-19(23(38)39)10(8-42-22(18)31)7-41-16(35)3-2-11-4-13(32)14(33)6-26-11/h2-4,6,9,18,22,33H,5,7-8H2,1H3,(H,26,32)(H,29,36)(H,38,39)(H,27,28,34)/b3-2+,30-17-/t18-,22-/m1/s1. The molecule has 4 heterocycles. The second kappa shape index (κ2) is 13.5. The molecule has 1 saturated heterocycles. The molecule has 226 valence electrons. The molecular formula is C24H21ClN6O10S2. The lowest BCUT2D eigenvalue weighted by Crippen LogP contribution is -2.71. The molecule has 5 N–H and O–H groups in total. The summed E-state index contributed by atoms with van der Waals surface area (Å²) in [6.07, 6.45) is 3.29. The van der Waals surface area contributed by atoms with Gasteiger partial charge in [0.2, 0.25) is 11.3 Å². The average Bonchev–Trinajstić information content (AvgIpc) is 3.44. The smallest absolute Gasteiger partial charge is 0.352 e. The van der Waals surface area contributed by atoms with Gasteiger partial charge >= 0.3 is 11.9 Å². The van der Waals surface area contributed by atoms with Crippen LogP contribution in [0.2, 0.25) is 0 Å². The Kier molecular flexibility index (Phi) is 9.84.